The highest BCUT2D eigenvalue weighted by atomic mass is 19.4. The summed E-state index contributed by atoms with van der Waals surface area (Å²) in [6.45, 7) is 9.23. The smallest absolute Gasteiger partial charge is 0.490 e. The van der Waals surface area contributed by atoms with Crippen LogP contribution in [-0.4, -0.2) is 111 Å². The van der Waals surface area contributed by atoms with E-state index < -0.39 is 66.1 Å². The molecule has 0 radical (unpaired) electrons. The number of phenolic OH excluding ortho intramolecular Hbond substituents is 1. The van der Waals surface area contributed by atoms with E-state index in [9.17, 15) is 55.7 Å². The van der Waals surface area contributed by atoms with Gasteiger partial charge in [-0.15, -0.1) is 0 Å². The number of rotatable bonds is 25. The number of carboxylic acids is 3. The van der Waals surface area contributed by atoms with Crippen LogP contribution < -0.4 is 32.2 Å². The van der Waals surface area contributed by atoms with E-state index in [2.05, 4.69) is 20.9 Å². The van der Waals surface area contributed by atoms with Crippen molar-refractivity contribution in [1.82, 2.24) is 20.9 Å². The molecule has 382 valence electrons. The van der Waals surface area contributed by atoms with Crippen molar-refractivity contribution in [2.45, 2.75) is 129 Å². The number of phenols is 1. The molecule has 0 aliphatic heterocycles. The topological polar surface area (TPSA) is 296 Å². The molecule has 1 heterocycles. The van der Waals surface area contributed by atoms with Crippen molar-refractivity contribution < 1.29 is 80.3 Å². The fraction of sp³-hybridized carbons (Fsp3) is 0.556. The minimum atomic E-state index is -5.08. The number of nitrogens with two attached hydrogens (primary N) is 2. The molecule has 0 bridgehead atoms. The number of alkyl halides is 6. The predicted octanol–water partition coefficient (Wildman–Crippen LogP) is 6.20. The number of unbranched alkanes of at least 4 members (excludes halogenated alkanes) is 5. The average molecular weight is 979 g/mol. The van der Waals surface area contributed by atoms with Gasteiger partial charge in [-0.3, -0.25) is 14.4 Å². The number of amides is 3. The van der Waals surface area contributed by atoms with E-state index in [-0.39, 0.29) is 30.4 Å². The molecule has 0 aliphatic rings. The Morgan fingerprint density at radius 3 is 1.76 bits per heavy atom. The molecule has 3 rings (SSSR count). The number of H-pyrrole nitrogens is 1. The maximum Gasteiger partial charge on any atom is 0.490 e. The third-order valence-electron chi connectivity index (χ3n) is 10.2. The lowest BCUT2D eigenvalue weighted by molar-refractivity contribution is -0.193. The molecule has 68 heavy (non-hydrogen) atoms. The normalized spacial score (nSPS) is 13.1. The summed E-state index contributed by atoms with van der Waals surface area (Å²) >= 11 is 0. The molecule has 12 N–H and O–H groups in total. The molecule has 0 saturated heterocycles. The van der Waals surface area contributed by atoms with Crippen molar-refractivity contribution in [3.8, 4) is 11.5 Å². The highest BCUT2D eigenvalue weighted by Crippen LogP contribution is 2.29. The Morgan fingerprint density at radius 2 is 1.26 bits per heavy atom. The molecular formula is C45H64F6N6O11. The summed E-state index contributed by atoms with van der Waals surface area (Å²) in [7, 11) is 0. The zero-order valence-electron chi connectivity index (χ0n) is 38.4. The molecule has 0 unspecified atom stereocenters. The number of halogens is 6. The van der Waals surface area contributed by atoms with Crippen molar-refractivity contribution in [3.63, 3.8) is 0 Å². The fourth-order valence-corrected chi connectivity index (χ4v) is 6.40. The number of aromatic amines is 1. The van der Waals surface area contributed by atoms with Crippen LogP contribution in [0.3, 0.4) is 0 Å². The van der Waals surface area contributed by atoms with Gasteiger partial charge >= 0.3 is 30.3 Å². The largest absolute Gasteiger partial charge is 0.508 e. The number of ether oxygens (including phenoxy) is 1. The van der Waals surface area contributed by atoms with E-state index in [1.807, 2.05) is 39.0 Å². The highest BCUT2D eigenvalue weighted by molar-refractivity contribution is 6.03. The number of carbonyl (C=O) groups is 6. The summed E-state index contributed by atoms with van der Waals surface area (Å²) < 4.78 is 69.5. The van der Waals surface area contributed by atoms with Gasteiger partial charge in [0, 0.05) is 17.3 Å². The van der Waals surface area contributed by atoms with Gasteiger partial charge in [0.1, 0.15) is 35.3 Å². The monoisotopic (exact) mass is 978 g/mol. The van der Waals surface area contributed by atoms with Crippen molar-refractivity contribution in [2.24, 2.45) is 23.3 Å². The van der Waals surface area contributed by atoms with Crippen molar-refractivity contribution in [2.75, 3.05) is 19.7 Å². The van der Waals surface area contributed by atoms with Gasteiger partial charge in [-0.05, 0) is 111 Å². The zero-order chi connectivity index (χ0) is 51.8. The van der Waals surface area contributed by atoms with E-state index in [0.717, 1.165) is 61.4 Å². The predicted molar refractivity (Wildman–Crippen MR) is 239 cm³/mol. The van der Waals surface area contributed by atoms with Gasteiger partial charge in [0.05, 0.1) is 6.61 Å². The number of nitrogens with one attached hydrogen (secondary N) is 4. The first kappa shape index (κ1) is 59.9. The molecule has 17 nitrogen and oxygen atoms in total. The van der Waals surface area contributed by atoms with E-state index in [1.54, 1.807) is 19.1 Å². The van der Waals surface area contributed by atoms with Gasteiger partial charge in [-0.1, -0.05) is 59.1 Å². The number of aliphatic carboxylic acids is 3. The van der Waals surface area contributed by atoms with E-state index in [0.29, 0.717) is 49.5 Å². The number of benzene rings is 2. The molecule has 4 atom stereocenters. The van der Waals surface area contributed by atoms with Crippen LogP contribution in [0, 0.1) is 11.8 Å². The van der Waals surface area contributed by atoms with Crippen molar-refractivity contribution >= 4 is 46.5 Å². The molecule has 0 aliphatic carbocycles. The van der Waals surface area contributed by atoms with Gasteiger partial charge in [0.2, 0.25) is 11.8 Å². The molecule has 0 saturated carbocycles. The van der Waals surface area contributed by atoms with Crippen molar-refractivity contribution in [3.05, 3.63) is 59.3 Å². The molecule has 0 spiro atoms. The molecule has 0 fully saturated rings. The fourth-order valence-electron chi connectivity index (χ4n) is 6.40. The summed E-state index contributed by atoms with van der Waals surface area (Å²) in [5.41, 5.74) is 13.9. The number of carboxylic acid groups (broad SMARTS) is 3. The number of hydrogen-bond donors (Lipinski definition) is 10. The quantitative estimate of drug-likeness (QED) is 0.0335. The third-order valence-corrected chi connectivity index (χ3v) is 10.2. The van der Waals surface area contributed by atoms with Crippen molar-refractivity contribution in [1.29, 1.82) is 0 Å². The lowest BCUT2D eigenvalue weighted by atomic mass is 9.96. The second-order valence-corrected chi connectivity index (χ2v) is 16.2. The Labute approximate surface area is 389 Å². The summed E-state index contributed by atoms with van der Waals surface area (Å²) in [6.07, 6.45) is -2.29. The Bertz CT molecular complexity index is 2040. The SMILES string of the molecule is CC[C@H](C)[C@H](NC(=O)[C@H](Cc1ccc(O)cc1)NC(=O)c1[nH]c2ccc(OCCCCCN)cc2c1CCCCCCN)C(=O)N[C@@H](CC(C)C)C(=O)O.O=C(O)C(F)(F)F.O=C(O)C(F)(F)F. The van der Waals surface area contributed by atoms with E-state index in [1.165, 1.54) is 12.1 Å². The third kappa shape index (κ3) is 22.1. The number of aromatic hydroxyl groups is 1. The van der Waals surface area contributed by atoms with Crippen LogP contribution >= 0.6 is 0 Å². The Kier molecular flexibility index (Phi) is 26.1. The van der Waals surface area contributed by atoms with E-state index >= 15 is 0 Å². The van der Waals surface area contributed by atoms with Gasteiger partial charge in [-0.25, -0.2) is 14.4 Å². The summed E-state index contributed by atoms with van der Waals surface area (Å²) in [5, 5.41) is 43.2. The number of fused-ring (bicyclic) bond motifs is 1. The maximum absolute atomic E-state index is 14.3. The number of hydrogen-bond acceptors (Lipinski definition) is 10. The number of carbonyl (C=O) groups excluding carboxylic acids is 3. The second-order valence-electron chi connectivity index (χ2n) is 16.2. The van der Waals surface area contributed by atoms with E-state index in [4.69, 9.17) is 36.0 Å². The molecule has 3 amide bonds. The standard InChI is InChI=1S/C41H62N6O7.2C2HF3O2/c1-5-27(4)36(39(50)46-35(41(52)53)23-26(2)3)47-38(49)34(24-28-14-16-29(48)17-15-28)45-40(51)37-31(13-9-6-7-10-20-42)32-25-30(18-19-33(32)44-37)54-22-12-8-11-21-43;2*3-2(4,5)1(6)7/h14-19,25-27,34-36,44,48H,5-13,20-24,42-43H2,1-4H3,(H,45,51)(H,46,50)(H,47,49)(H,52,53);2*(H,6,7)/t27-,34-,35-,36-;;/m0../s1. The minimum Gasteiger partial charge on any atom is -0.508 e. The first-order valence-corrected chi connectivity index (χ1v) is 22.0. The first-order chi connectivity index (χ1) is 31.8. The maximum atomic E-state index is 14.3. The average Bonchev–Trinajstić information content (AvgIpc) is 3.62. The van der Waals surface area contributed by atoms with Crippen LogP contribution in [0.25, 0.3) is 10.9 Å². The molecule has 3 aromatic rings. The lowest BCUT2D eigenvalue weighted by Crippen LogP contribution is -2.58. The van der Waals surface area contributed by atoms with Crippen LogP contribution in [0.4, 0.5) is 26.3 Å². The highest BCUT2D eigenvalue weighted by Gasteiger charge is 2.39. The summed E-state index contributed by atoms with van der Waals surface area (Å²) in [6, 6.07) is 8.73. The Hall–Kier alpha value is -6.10. The number of aryl methyl sites for hydroxylation is 1. The van der Waals surface area contributed by atoms with Crippen LogP contribution in [0.15, 0.2) is 42.5 Å². The van der Waals surface area contributed by atoms with Crippen LogP contribution in [0.5, 0.6) is 11.5 Å². The minimum absolute atomic E-state index is 0.0130. The first-order valence-electron chi connectivity index (χ1n) is 22.0. The molecule has 1 aromatic heterocycles. The number of aromatic nitrogens is 1. The van der Waals surface area contributed by atoms with Gasteiger partial charge < -0.3 is 57.6 Å². The Balaban J connectivity index is 0.00000143. The Morgan fingerprint density at radius 1 is 0.721 bits per heavy atom. The molecule has 23 heteroatoms. The van der Waals surface area contributed by atoms with Crippen LogP contribution in [0.1, 0.15) is 107 Å². The van der Waals surface area contributed by atoms with Gasteiger partial charge in [0.25, 0.3) is 5.91 Å². The zero-order valence-corrected chi connectivity index (χ0v) is 38.4. The summed E-state index contributed by atoms with van der Waals surface area (Å²) in [5.74, 6) is -7.94. The second kappa shape index (κ2) is 29.6. The summed E-state index contributed by atoms with van der Waals surface area (Å²) in [4.78, 5) is 75.0. The molecular weight excluding hydrogens is 915 g/mol. The van der Waals surface area contributed by atoms with Crippen LogP contribution in [-0.2, 0) is 36.8 Å². The van der Waals surface area contributed by atoms with Gasteiger partial charge in [0.15, 0.2) is 0 Å². The van der Waals surface area contributed by atoms with Crippen LogP contribution in [0.2, 0.25) is 0 Å². The molecule has 2 aromatic carbocycles. The van der Waals surface area contributed by atoms with Gasteiger partial charge in [-0.2, -0.15) is 26.3 Å². The lowest BCUT2D eigenvalue weighted by Gasteiger charge is -2.28.